The van der Waals surface area contributed by atoms with Gasteiger partial charge in [-0.2, -0.15) is 15.8 Å². The van der Waals surface area contributed by atoms with E-state index < -0.39 is 34.3 Å². The third-order valence-electron chi connectivity index (χ3n) is 6.03. The van der Waals surface area contributed by atoms with Crippen LogP contribution in [0.3, 0.4) is 0 Å². The minimum absolute atomic E-state index is 0.270. The number of nitriles is 3. The lowest BCUT2D eigenvalue weighted by Crippen LogP contribution is -2.57. The summed E-state index contributed by atoms with van der Waals surface area (Å²) >= 11 is 0. The maximum atomic E-state index is 12.8. The van der Waals surface area contributed by atoms with Gasteiger partial charge in [0.15, 0.2) is 10.8 Å². The quantitative estimate of drug-likeness (QED) is 0.840. The Morgan fingerprint density at radius 3 is 2.33 bits per heavy atom. The lowest BCUT2D eigenvalue weighted by atomic mass is 9.48. The highest BCUT2D eigenvalue weighted by molar-refractivity contribution is 5.92. The van der Waals surface area contributed by atoms with Gasteiger partial charge in [0.1, 0.15) is 11.5 Å². The summed E-state index contributed by atoms with van der Waals surface area (Å²) < 4.78 is 5.17. The van der Waals surface area contributed by atoms with Crippen LogP contribution in [0, 0.1) is 50.7 Å². The maximum Gasteiger partial charge on any atom is 0.245 e. The van der Waals surface area contributed by atoms with E-state index in [4.69, 9.17) is 4.74 Å². The SMILES string of the molecule is CCC[C@@H]1[C@@H](c2ccc(OC)cc2)C(C#N)(C#N)[C@]2(C#N)C[C@]1(O)NC2=O. The number of carbonyl (C=O) groups excluding carboxylic acids is 1. The second-order valence-electron chi connectivity index (χ2n) is 7.25. The van der Waals surface area contributed by atoms with Gasteiger partial charge in [-0.25, -0.2) is 0 Å². The second-order valence-corrected chi connectivity index (χ2v) is 7.25. The van der Waals surface area contributed by atoms with Gasteiger partial charge >= 0.3 is 0 Å². The first-order chi connectivity index (χ1) is 12.9. The molecule has 1 aliphatic carbocycles. The van der Waals surface area contributed by atoms with E-state index in [1.807, 2.05) is 25.1 Å². The van der Waals surface area contributed by atoms with Crippen LogP contribution in [0.5, 0.6) is 5.75 Å². The first-order valence-electron chi connectivity index (χ1n) is 8.80. The summed E-state index contributed by atoms with van der Waals surface area (Å²) in [6.07, 6.45) is 0.899. The van der Waals surface area contributed by atoms with Crippen molar-refractivity contribution in [2.45, 2.75) is 37.8 Å². The molecule has 1 saturated heterocycles. The van der Waals surface area contributed by atoms with Crippen molar-refractivity contribution >= 4 is 5.91 Å². The van der Waals surface area contributed by atoms with Gasteiger partial charge in [0, 0.05) is 18.3 Å². The van der Waals surface area contributed by atoms with E-state index in [2.05, 4.69) is 5.32 Å². The predicted molar refractivity (Wildman–Crippen MR) is 93.5 cm³/mol. The fraction of sp³-hybridized carbons (Fsp3) is 0.500. The Kier molecular flexibility index (Phi) is 4.34. The van der Waals surface area contributed by atoms with E-state index >= 15 is 0 Å². The monoisotopic (exact) mass is 364 g/mol. The molecule has 27 heavy (non-hydrogen) atoms. The van der Waals surface area contributed by atoms with Crippen molar-refractivity contribution in [1.29, 1.82) is 15.8 Å². The highest BCUT2D eigenvalue weighted by Crippen LogP contribution is 2.65. The zero-order valence-corrected chi connectivity index (χ0v) is 15.2. The zero-order chi connectivity index (χ0) is 19.9. The summed E-state index contributed by atoms with van der Waals surface area (Å²) in [5.41, 5.74) is -4.86. The number of aliphatic hydroxyl groups is 1. The smallest absolute Gasteiger partial charge is 0.245 e. The van der Waals surface area contributed by atoms with Crippen molar-refractivity contribution in [3.8, 4) is 24.0 Å². The minimum atomic E-state index is -1.93. The molecule has 1 aromatic carbocycles. The summed E-state index contributed by atoms with van der Waals surface area (Å²) in [4.78, 5) is 12.8. The van der Waals surface area contributed by atoms with Crippen LogP contribution < -0.4 is 10.1 Å². The second kappa shape index (κ2) is 6.27. The van der Waals surface area contributed by atoms with E-state index in [1.54, 1.807) is 24.3 Å². The molecule has 2 N–H and O–H groups in total. The Bertz CT molecular complexity index is 878. The fourth-order valence-electron chi connectivity index (χ4n) is 4.76. The van der Waals surface area contributed by atoms with Gasteiger partial charge in [-0.3, -0.25) is 4.79 Å². The number of rotatable bonds is 4. The third-order valence-corrected chi connectivity index (χ3v) is 6.03. The lowest BCUT2D eigenvalue weighted by Gasteiger charge is -2.49. The highest BCUT2D eigenvalue weighted by Gasteiger charge is 2.76. The molecule has 7 heteroatoms. The van der Waals surface area contributed by atoms with Gasteiger partial charge in [-0.05, 0) is 24.1 Å². The summed E-state index contributed by atoms with van der Waals surface area (Å²) in [5.74, 6) is -1.54. The van der Waals surface area contributed by atoms with Gasteiger partial charge in [0.05, 0.1) is 25.3 Å². The number of fused-ring (bicyclic) bond motifs is 2. The number of carbonyl (C=O) groups is 1. The summed E-state index contributed by atoms with van der Waals surface area (Å²) in [6, 6.07) is 12.8. The van der Waals surface area contributed by atoms with Crippen LogP contribution in [0.1, 0.15) is 37.7 Å². The van der Waals surface area contributed by atoms with Crippen LogP contribution in [-0.4, -0.2) is 23.8 Å². The highest BCUT2D eigenvalue weighted by atomic mass is 16.5. The van der Waals surface area contributed by atoms with Crippen molar-refractivity contribution in [3.05, 3.63) is 29.8 Å². The fourth-order valence-corrected chi connectivity index (χ4v) is 4.76. The molecule has 2 bridgehead atoms. The molecule has 3 rings (SSSR count). The van der Waals surface area contributed by atoms with Crippen LogP contribution >= 0.6 is 0 Å². The van der Waals surface area contributed by atoms with E-state index in [1.165, 1.54) is 7.11 Å². The average Bonchev–Trinajstić information content (AvgIpc) is 2.94. The Morgan fingerprint density at radius 1 is 1.22 bits per heavy atom. The van der Waals surface area contributed by atoms with Gasteiger partial charge < -0.3 is 15.2 Å². The van der Waals surface area contributed by atoms with E-state index in [9.17, 15) is 25.7 Å². The molecule has 1 saturated carbocycles. The van der Waals surface area contributed by atoms with Crippen molar-refractivity contribution in [1.82, 2.24) is 5.32 Å². The van der Waals surface area contributed by atoms with E-state index in [-0.39, 0.29) is 6.42 Å². The molecule has 2 fully saturated rings. The van der Waals surface area contributed by atoms with Crippen molar-refractivity contribution < 1.29 is 14.6 Å². The molecule has 1 aromatic rings. The Balaban J connectivity index is 2.31. The zero-order valence-electron chi connectivity index (χ0n) is 15.2. The van der Waals surface area contributed by atoms with E-state index in [0.717, 1.165) is 0 Å². The van der Waals surface area contributed by atoms with Crippen LogP contribution in [0.25, 0.3) is 0 Å². The molecule has 1 amide bonds. The van der Waals surface area contributed by atoms with E-state index in [0.29, 0.717) is 24.2 Å². The third kappa shape index (κ3) is 2.24. The first kappa shape index (κ1) is 18.7. The Hall–Kier alpha value is -3.08. The van der Waals surface area contributed by atoms with Gasteiger partial charge in [-0.1, -0.05) is 25.5 Å². The van der Waals surface area contributed by atoms with Crippen LogP contribution in [0.15, 0.2) is 24.3 Å². The van der Waals surface area contributed by atoms with Gasteiger partial charge in [0.2, 0.25) is 5.91 Å². The summed E-state index contributed by atoms with van der Waals surface area (Å²) in [5, 5.41) is 43.7. The molecule has 138 valence electrons. The number of nitrogens with zero attached hydrogens (tertiary/aromatic N) is 3. The minimum Gasteiger partial charge on any atom is -0.497 e. The molecule has 0 spiro atoms. The molecule has 2 aliphatic rings. The van der Waals surface area contributed by atoms with Crippen LogP contribution in [0.4, 0.5) is 0 Å². The van der Waals surface area contributed by atoms with Crippen molar-refractivity contribution in [3.63, 3.8) is 0 Å². The van der Waals surface area contributed by atoms with Crippen molar-refractivity contribution in [2.24, 2.45) is 16.7 Å². The number of hydrogen-bond donors (Lipinski definition) is 2. The number of amides is 1. The Morgan fingerprint density at radius 2 is 1.85 bits per heavy atom. The molecule has 0 radical (unpaired) electrons. The standard InChI is InChI=1S/C20H20N4O3/c1-3-4-15-16(13-5-7-14(27-2)8-6-13)19(11-22,12-23)18(10-21)9-20(15,26)24-17(18)25/h5-8,15-16,26H,3-4,9H2,1-2H3,(H,24,25)/t15-,16-,18+,20-/m1/s1. The number of hydrogen-bond acceptors (Lipinski definition) is 6. The molecule has 1 heterocycles. The maximum absolute atomic E-state index is 12.8. The topological polar surface area (TPSA) is 130 Å². The number of nitrogens with one attached hydrogen (secondary N) is 1. The molecular formula is C20H20N4O3. The largest absolute Gasteiger partial charge is 0.497 e. The Labute approximate surface area is 157 Å². The van der Waals surface area contributed by atoms with Crippen molar-refractivity contribution in [2.75, 3.05) is 7.11 Å². The van der Waals surface area contributed by atoms with Gasteiger partial charge in [0.25, 0.3) is 0 Å². The van der Waals surface area contributed by atoms with Crippen LogP contribution in [0.2, 0.25) is 0 Å². The average molecular weight is 364 g/mol. The number of ether oxygens (including phenoxy) is 1. The summed E-state index contributed by atoms with van der Waals surface area (Å²) in [6.45, 7) is 1.93. The molecule has 0 aromatic heterocycles. The normalized spacial score (nSPS) is 33.3. The van der Waals surface area contributed by atoms with Gasteiger partial charge in [-0.15, -0.1) is 0 Å². The summed E-state index contributed by atoms with van der Waals surface area (Å²) in [7, 11) is 1.53. The van der Waals surface area contributed by atoms with Crippen LogP contribution in [-0.2, 0) is 4.79 Å². The lowest BCUT2D eigenvalue weighted by molar-refractivity contribution is -0.128. The molecule has 0 unspecified atom stereocenters. The molecular weight excluding hydrogens is 344 g/mol. The molecule has 4 atom stereocenters. The predicted octanol–water partition coefficient (Wildman–Crippen LogP) is 1.96. The first-order valence-corrected chi connectivity index (χ1v) is 8.80. The number of methoxy groups -OCH3 is 1. The number of benzene rings is 1. The molecule has 7 nitrogen and oxygen atoms in total. The molecule has 1 aliphatic heterocycles.